The molecule has 1 aliphatic heterocycles. The molecule has 1 aliphatic rings. The fraction of sp³-hybridized carbons (Fsp3) is 0.200. The molecule has 0 radical (unpaired) electrons. The van der Waals surface area contributed by atoms with E-state index in [1.807, 2.05) is 6.92 Å². The number of likely N-dealkylation sites (N-methyl/N-ethyl adjacent to an activating group) is 1. The van der Waals surface area contributed by atoms with Crippen molar-refractivity contribution >= 4 is 46.3 Å². The lowest BCUT2D eigenvalue weighted by Crippen LogP contribution is -2.35. The number of imide groups is 1. The first-order valence-corrected chi connectivity index (χ1v) is 9.08. The number of halogens is 2. The van der Waals surface area contributed by atoms with E-state index in [4.69, 9.17) is 23.2 Å². The maximum absolute atomic E-state index is 13.3. The maximum Gasteiger partial charge on any atom is 0.282 e. The summed E-state index contributed by atoms with van der Waals surface area (Å²) in [5.41, 5.74) is 2.28. The fourth-order valence-electron chi connectivity index (χ4n) is 3.05. The number of carbonyl (C=O) groups is 2. The molecule has 7 heteroatoms. The van der Waals surface area contributed by atoms with Crippen molar-refractivity contribution in [3.05, 3.63) is 69.3 Å². The summed E-state index contributed by atoms with van der Waals surface area (Å²) < 4.78 is 0. The van der Waals surface area contributed by atoms with Crippen LogP contribution in [0.3, 0.4) is 0 Å². The molecule has 2 aromatic carbocycles. The highest BCUT2D eigenvalue weighted by atomic mass is 35.5. The molecule has 0 saturated heterocycles. The number of nitrogens with zero attached hydrogens (tertiary/aromatic N) is 2. The molecule has 2 aromatic rings. The summed E-state index contributed by atoms with van der Waals surface area (Å²) in [6, 6.07) is 11.8. The average molecular weight is 405 g/mol. The molecule has 0 aliphatic carbocycles. The summed E-state index contributed by atoms with van der Waals surface area (Å²) in [4.78, 5) is 29.2. The van der Waals surface area contributed by atoms with Crippen LogP contribution in [0.5, 0.6) is 0 Å². The Morgan fingerprint density at radius 2 is 1.63 bits per heavy atom. The number of amides is 2. The predicted octanol–water partition coefficient (Wildman–Crippen LogP) is 3.51. The van der Waals surface area contributed by atoms with Crippen LogP contribution < -0.4 is 4.90 Å². The molecule has 27 heavy (non-hydrogen) atoms. The van der Waals surface area contributed by atoms with Gasteiger partial charge in [-0.3, -0.25) is 9.59 Å². The molecule has 0 atom stereocenters. The van der Waals surface area contributed by atoms with Crippen LogP contribution in [-0.2, 0) is 9.59 Å². The summed E-state index contributed by atoms with van der Waals surface area (Å²) in [7, 11) is 1.67. The molecular formula is C20H18Cl2N2O3. The highest BCUT2D eigenvalue weighted by Crippen LogP contribution is 2.36. The lowest BCUT2D eigenvalue weighted by molar-refractivity contribution is -0.120. The molecule has 5 nitrogen and oxygen atoms in total. The van der Waals surface area contributed by atoms with Crippen LogP contribution in [0.2, 0.25) is 10.0 Å². The molecule has 0 aromatic heterocycles. The van der Waals surface area contributed by atoms with Crippen LogP contribution in [0, 0.1) is 6.92 Å². The molecule has 1 N–H and O–H groups in total. The van der Waals surface area contributed by atoms with E-state index in [0.717, 1.165) is 10.5 Å². The number of carbonyl (C=O) groups excluding carboxylic acids is 2. The maximum atomic E-state index is 13.3. The minimum absolute atomic E-state index is 0.147. The zero-order valence-electron chi connectivity index (χ0n) is 14.9. The van der Waals surface area contributed by atoms with E-state index < -0.39 is 11.8 Å². The van der Waals surface area contributed by atoms with Gasteiger partial charge in [-0.25, -0.2) is 4.90 Å². The van der Waals surface area contributed by atoms with Crippen LogP contribution in [-0.4, -0.2) is 42.0 Å². The van der Waals surface area contributed by atoms with E-state index in [9.17, 15) is 14.7 Å². The number of aliphatic hydroxyl groups is 1. The van der Waals surface area contributed by atoms with Gasteiger partial charge in [-0.1, -0.05) is 41.4 Å². The van der Waals surface area contributed by atoms with Crippen LogP contribution >= 0.6 is 23.2 Å². The van der Waals surface area contributed by atoms with Crippen LogP contribution in [0.4, 0.5) is 5.69 Å². The predicted molar refractivity (Wildman–Crippen MR) is 107 cm³/mol. The molecule has 1 heterocycles. The normalized spacial score (nSPS) is 14.3. The Kier molecular flexibility index (Phi) is 5.56. The molecule has 2 amide bonds. The Morgan fingerprint density at radius 1 is 1.00 bits per heavy atom. The lowest BCUT2D eigenvalue weighted by atomic mass is 10.0. The van der Waals surface area contributed by atoms with Crippen molar-refractivity contribution < 1.29 is 14.7 Å². The third-order valence-corrected chi connectivity index (χ3v) is 4.91. The number of rotatable bonds is 5. The number of benzene rings is 2. The van der Waals surface area contributed by atoms with Gasteiger partial charge in [0.15, 0.2) is 0 Å². The number of anilines is 1. The van der Waals surface area contributed by atoms with Crippen molar-refractivity contribution in [2.75, 3.05) is 25.1 Å². The molecule has 0 spiro atoms. The van der Waals surface area contributed by atoms with Gasteiger partial charge in [0.2, 0.25) is 0 Å². The third-order valence-electron chi connectivity index (χ3n) is 4.42. The fourth-order valence-corrected chi connectivity index (χ4v) is 3.35. The summed E-state index contributed by atoms with van der Waals surface area (Å²) in [5.74, 6) is -0.890. The number of hydrogen-bond donors (Lipinski definition) is 1. The van der Waals surface area contributed by atoms with Crippen molar-refractivity contribution in [3.63, 3.8) is 0 Å². The summed E-state index contributed by atoms with van der Waals surface area (Å²) >= 11 is 12.0. The smallest absolute Gasteiger partial charge is 0.282 e. The minimum atomic E-state index is -0.453. The zero-order valence-corrected chi connectivity index (χ0v) is 16.4. The molecule has 140 valence electrons. The summed E-state index contributed by atoms with van der Waals surface area (Å²) in [5, 5.41) is 10.3. The van der Waals surface area contributed by atoms with Gasteiger partial charge >= 0.3 is 0 Å². The molecule has 0 bridgehead atoms. The Bertz CT molecular complexity index is 939. The topological polar surface area (TPSA) is 60.9 Å². The van der Waals surface area contributed by atoms with Gasteiger partial charge in [0.1, 0.15) is 5.70 Å². The third kappa shape index (κ3) is 3.58. The van der Waals surface area contributed by atoms with E-state index in [1.54, 1.807) is 54.4 Å². The SMILES string of the molecule is Cc1ccc(Cl)cc1N1C(=O)C(c2ccc(Cl)cc2)=C(N(C)CCO)C1=O. The second-order valence-electron chi connectivity index (χ2n) is 6.25. The quantitative estimate of drug-likeness (QED) is 0.774. The number of hydrogen-bond acceptors (Lipinski definition) is 4. The standard InChI is InChI=1S/C20H18Cl2N2O3/c1-12-3-6-15(22)11-16(12)24-19(26)17(13-4-7-14(21)8-5-13)18(20(24)27)23(2)9-10-25/h3-8,11,25H,9-10H2,1-2H3. The van der Waals surface area contributed by atoms with Crippen LogP contribution in [0.1, 0.15) is 11.1 Å². The monoisotopic (exact) mass is 404 g/mol. The average Bonchev–Trinajstić information content (AvgIpc) is 2.89. The Hall–Kier alpha value is -2.34. The van der Waals surface area contributed by atoms with Gasteiger partial charge in [-0.2, -0.15) is 0 Å². The first-order valence-electron chi connectivity index (χ1n) is 8.32. The van der Waals surface area contributed by atoms with Gasteiger partial charge in [-0.15, -0.1) is 0 Å². The Morgan fingerprint density at radius 3 is 2.26 bits per heavy atom. The molecule has 0 fully saturated rings. The van der Waals surface area contributed by atoms with Crippen molar-refractivity contribution in [1.29, 1.82) is 0 Å². The Labute approximate surface area is 167 Å². The van der Waals surface area contributed by atoms with E-state index in [-0.39, 0.29) is 24.4 Å². The molecule has 0 saturated carbocycles. The first-order chi connectivity index (χ1) is 12.8. The van der Waals surface area contributed by atoms with Gasteiger partial charge < -0.3 is 10.0 Å². The Balaban J connectivity index is 2.16. The van der Waals surface area contributed by atoms with Gasteiger partial charge in [0.05, 0.1) is 17.9 Å². The molecular weight excluding hydrogens is 387 g/mol. The lowest BCUT2D eigenvalue weighted by Gasteiger charge is -2.21. The largest absolute Gasteiger partial charge is 0.395 e. The van der Waals surface area contributed by atoms with Gasteiger partial charge in [-0.05, 0) is 42.3 Å². The number of aryl methyl sites for hydroxylation is 1. The van der Waals surface area contributed by atoms with Crippen molar-refractivity contribution in [2.24, 2.45) is 0 Å². The highest BCUT2D eigenvalue weighted by molar-refractivity contribution is 6.46. The van der Waals surface area contributed by atoms with E-state index in [0.29, 0.717) is 21.3 Å². The van der Waals surface area contributed by atoms with Crippen LogP contribution in [0.25, 0.3) is 5.57 Å². The van der Waals surface area contributed by atoms with Crippen molar-refractivity contribution in [2.45, 2.75) is 6.92 Å². The van der Waals surface area contributed by atoms with Crippen LogP contribution in [0.15, 0.2) is 48.2 Å². The highest BCUT2D eigenvalue weighted by Gasteiger charge is 2.42. The summed E-state index contributed by atoms with van der Waals surface area (Å²) in [6.45, 7) is 1.88. The molecule has 3 rings (SSSR count). The minimum Gasteiger partial charge on any atom is -0.395 e. The zero-order chi connectivity index (χ0) is 19.7. The molecule has 0 unspecified atom stereocenters. The van der Waals surface area contributed by atoms with E-state index in [1.165, 1.54) is 0 Å². The number of aliphatic hydroxyl groups excluding tert-OH is 1. The van der Waals surface area contributed by atoms with Gasteiger partial charge in [0, 0.05) is 23.6 Å². The second-order valence-corrected chi connectivity index (χ2v) is 7.13. The summed E-state index contributed by atoms with van der Waals surface area (Å²) in [6.07, 6.45) is 0. The first kappa shape index (κ1) is 19.4. The van der Waals surface area contributed by atoms with Crippen molar-refractivity contribution in [1.82, 2.24) is 4.90 Å². The van der Waals surface area contributed by atoms with Gasteiger partial charge in [0.25, 0.3) is 11.8 Å². The van der Waals surface area contributed by atoms with E-state index in [2.05, 4.69) is 0 Å². The van der Waals surface area contributed by atoms with E-state index >= 15 is 0 Å². The van der Waals surface area contributed by atoms with Crippen molar-refractivity contribution in [3.8, 4) is 0 Å². The second kappa shape index (κ2) is 7.72.